The smallest absolute Gasteiger partial charge is 0.310 e. The number of hydrogen-bond donors (Lipinski definition) is 2. The molecule has 13 heavy (non-hydrogen) atoms. The van der Waals surface area contributed by atoms with E-state index in [2.05, 4.69) is 13.8 Å². The van der Waals surface area contributed by atoms with Crippen molar-refractivity contribution in [1.82, 2.24) is 0 Å². The second-order valence-electron chi connectivity index (χ2n) is 3.81. The Morgan fingerprint density at radius 3 is 2.31 bits per heavy atom. The van der Waals surface area contributed by atoms with Gasteiger partial charge < -0.3 is 10.8 Å². The summed E-state index contributed by atoms with van der Waals surface area (Å²) in [6, 6.07) is -0.0261. The molecule has 0 aliphatic rings. The molecule has 76 valence electrons. The van der Waals surface area contributed by atoms with Gasteiger partial charge in [0.1, 0.15) is 0 Å². The van der Waals surface area contributed by atoms with Crippen LogP contribution in [0.25, 0.3) is 0 Å². The molecule has 0 fully saturated rings. The molecule has 0 spiro atoms. The van der Waals surface area contributed by atoms with Gasteiger partial charge in [0.2, 0.25) is 0 Å². The van der Waals surface area contributed by atoms with Crippen molar-refractivity contribution in [2.75, 3.05) is 0 Å². The molecule has 0 aliphatic heterocycles. The third-order valence-electron chi connectivity index (χ3n) is 1.78. The van der Waals surface area contributed by atoms with Crippen molar-refractivity contribution in [1.29, 1.82) is 0 Å². The van der Waals surface area contributed by atoms with Gasteiger partial charge in [0.05, 0.1) is 5.92 Å². The van der Waals surface area contributed by atoms with Crippen LogP contribution in [0.15, 0.2) is 12.2 Å². The van der Waals surface area contributed by atoms with Crippen molar-refractivity contribution in [3.63, 3.8) is 0 Å². The second-order valence-corrected chi connectivity index (χ2v) is 3.81. The Balaban J connectivity index is 3.89. The van der Waals surface area contributed by atoms with Gasteiger partial charge in [-0.05, 0) is 19.3 Å². The first-order valence-electron chi connectivity index (χ1n) is 4.60. The Morgan fingerprint density at radius 2 is 1.92 bits per heavy atom. The highest BCUT2D eigenvalue weighted by molar-refractivity contribution is 5.71. The second kappa shape index (κ2) is 5.75. The molecule has 0 aromatic heterocycles. The predicted octanol–water partition coefficient (Wildman–Crippen LogP) is 1.64. The summed E-state index contributed by atoms with van der Waals surface area (Å²) in [5, 5.41) is 8.58. The average molecular weight is 185 g/mol. The van der Waals surface area contributed by atoms with E-state index < -0.39 is 11.9 Å². The molecule has 0 amide bonds. The first-order valence-corrected chi connectivity index (χ1v) is 4.60. The van der Waals surface area contributed by atoms with Gasteiger partial charge in [0.25, 0.3) is 0 Å². The highest BCUT2D eigenvalue weighted by atomic mass is 16.4. The fourth-order valence-corrected chi connectivity index (χ4v) is 1.01. The maximum absolute atomic E-state index is 10.4. The summed E-state index contributed by atoms with van der Waals surface area (Å²) < 4.78 is 0. The Morgan fingerprint density at radius 1 is 1.38 bits per heavy atom. The molecule has 0 saturated carbocycles. The van der Waals surface area contributed by atoms with Crippen LogP contribution in [0, 0.1) is 11.8 Å². The van der Waals surface area contributed by atoms with Gasteiger partial charge in [0.15, 0.2) is 0 Å². The molecule has 0 radical (unpaired) electrons. The molecule has 3 nitrogen and oxygen atoms in total. The molecule has 0 saturated heterocycles. The molecule has 0 aromatic rings. The van der Waals surface area contributed by atoms with E-state index in [0.717, 1.165) is 6.42 Å². The van der Waals surface area contributed by atoms with Gasteiger partial charge in [-0.3, -0.25) is 4.79 Å². The zero-order valence-electron chi connectivity index (χ0n) is 8.53. The highest BCUT2D eigenvalue weighted by Crippen LogP contribution is 2.05. The molecule has 2 unspecified atom stereocenters. The average Bonchev–Trinajstić information content (AvgIpc) is 1.98. The van der Waals surface area contributed by atoms with Crippen LogP contribution in [-0.2, 0) is 4.79 Å². The molecule has 0 aromatic carbocycles. The molecule has 0 heterocycles. The third kappa shape index (κ3) is 6.34. The number of carbonyl (C=O) groups is 1. The van der Waals surface area contributed by atoms with Crippen LogP contribution in [0.4, 0.5) is 0 Å². The van der Waals surface area contributed by atoms with E-state index in [1.54, 1.807) is 19.1 Å². The monoisotopic (exact) mass is 185 g/mol. The number of hydrogen-bond acceptors (Lipinski definition) is 2. The Hall–Kier alpha value is -0.830. The first kappa shape index (κ1) is 12.2. The van der Waals surface area contributed by atoms with Crippen molar-refractivity contribution in [2.45, 2.75) is 33.2 Å². The third-order valence-corrected chi connectivity index (χ3v) is 1.78. The number of carboxylic acids is 1. The molecule has 3 heteroatoms. The minimum atomic E-state index is -0.812. The van der Waals surface area contributed by atoms with Crippen LogP contribution in [-0.4, -0.2) is 17.1 Å². The SMILES string of the molecule is CC(C)CC(N)C=CC(C)C(=O)O. The van der Waals surface area contributed by atoms with Gasteiger partial charge in [-0.25, -0.2) is 0 Å². The van der Waals surface area contributed by atoms with Gasteiger partial charge in [-0.15, -0.1) is 0 Å². The lowest BCUT2D eigenvalue weighted by Crippen LogP contribution is -2.19. The van der Waals surface area contributed by atoms with E-state index >= 15 is 0 Å². The van der Waals surface area contributed by atoms with Crippen LogP contribution in [0.5, 0.6) is 0 Å². The van der Waals surface area contributed by atoms with Crippen LogP contribution < -0.4 is 5.73 Å². The van der Waals surface area contributed by atoms with Gasteiger partial charge in [0, 0.05) is 6.04 Å². The standard InChI is InChI=1S/C10H19NO2/c1-7(2)6-9(11)5-4-8(3)10(12)13/h4-5,7-9H,6,11H2,1-3H3,(H,12,13). The maximum Gasteiger partial charge on any atom is 0.310 e. The lowest BCUT2D eigenvalue weighted by molar-refractivity contribution is -0.139. The van der Waals surface area contributed by atoms with Gasteiger partial charge in [-0.2, -0.15) is 0 Å². The van der Waals surface area contributed by atoms with Crippen molar-refractivity contribution >= 4 is 5.97 Å². The molecular weight excluding hydrogens is 166 g/mol. The van der Waals surface area contributed by atoms with E-state index in [9.17, 15) is 4.79 Å². The Kier molecular flexibility index (Phi) is 5.39. The number of rotatable bonds is 5. The first-order chi connectivity index (χ1) is 5.93. The van der Waals surface area contributed by atoms with Crippen molar-refractivity contribution in [3.05, 3.63) is 12.2 Å². The van der Waals surface area contributed by atoms with Crippen molar-refractivity contribution in [3.8, 4) is 0 Å². The van der Waals surface area contributed by atoms with Crippen molar-refractivity contribution in [2.24, 2.45) is 17.6 Å². The minimum absolute atomic E-state index is 0.0261. The molecule has 0 rings (SSSR count). The highest BCUT2D eigenvalue weighted by Gasteiger charge is 2.07. The maximum atomic E-state index is 10.4. The lowest BCUT2D eigenvalue weighted by atomic mass is 10.0. The normalized spacial score (nSPS) is 16.4. The predicted molar refractivity (Wildman–Crippen MR) is 53.4 cm³/mol. The van der Waals surface area contributed by atoms with Crippen molar-refractivity contribution < 1.29 is 9.90 Å². The Labute approximate surface area is 79.6 Å². The fourth-order valence-electron chi connectivity index (χ4n) is 1.01. The molecule has 2 atom stereocenters. The Bertz CT molecular complexity index is 187. The van der Waals surface area contributed by atoms with Crippen LogP contribution in [0.1, 0.15) is 27.2 Å². The summed E-state index contributed by atoms with van der Waals surface area (Å²) in [4.78, 5) is 10.4. The summed E-state index contributed by atoms with van der Waals surface area (Å²) >= 11 is 0. The van der Waals surface area contributed by atoms with E-state index in [1.807, 2.05) is 0 Å². The number of aliphatic carboxylic acids is 1. The zero-order chi connectivity index (χ0) is 10.4. The largest absolute Gasteiger partial charge is 0.481 e. The van der Waals surface area contributed by atoms with Gasteiger partial charge >= 0.3 is 5.97 Å². The summed E-state index contributed by atoms with van der Waals surface area (Å²) in [6.45, 7) is 5.82. The van der Waals surface area contributed by atoms with E-state index in [4.69, 9.17) is 10.8 Å². The number of nitrogens with two attached hydrogens (primary N) is 1. The minimum Gasteiger partial charge on any atom is -0.481 e. The summed E-state index contributed by atoms with van der Waals surface area (Å²) in [5.41, 5.74) is 5.74. The topological polar surface area (TPSA) is 63.3 Å². The molecule has 3 N–H and O–H groups in total. The zero-order valence-corrected chi connectivity index (χ0v) is 8.53. The van der Waals surface area contributed by atoms with Gasteiger partial charge in [-0.1, -0.05) is 26.0 Å². The van der Waals surface area contributed by atoms with Crippen LogP contribution in [0.2, 0.25) is 0 Å². The summed E-state index contributed by atoms with van der Waals surface area (Å²) in [7, 11) is 0. The van der Waals surface area contributed by atoms with E-state index in [1.165, 1.54) is 0 Å². The lowest BCUT2D eigenvalue weighted by Gasteiger charge is -2.09. The quantitative estimate of drug-likeness (QED) is 0.640. The number of carboxylic acid groups (broad SMARTS) is 1. The van der Waals surface area contributed by atoms with E-state index in [-0.39, 0.29) is 6.04 Å². The molecular formula is C10H19NO2. The fraction of sp³-hybridized carbons (Fsp3) is 0.700. The van der Waals surface area contributed by atoms with Crippen LogP contribution >= 0.6 is 0 Å². The molecule has 0 bridgehead atoms. The summed E-state index contributed by atoms with van der Waals surface area (Å²) in [5.74, 6) is -0.717. The van der Waals surface area contributed by atoms with Crippen LogP contribution in [0.3, 0.4) is 0 Å². The van der Waals surface area contributed by atoms with E-state index in [0.29, 0.717) is 5.92 Å². The molecule has 0 aliphatic carbocycles. The summed E-state index contributed by atoms with van der Waals surface area (Å²) in [6.07, 6.45) is 4.32.